The maximum Gasteiger partial charge on any atom is 0.410 e. The fourth-order valence-electron chi connectivity index (χ4n) is 4.04. The number of piperazine rings is 1. The van der Waals surface area contributed by atoms with Crippen molar-refractivity contribution in [2.45, 2.75) is 44.8 Å². The zero-order chi connectivity index (χ0) is 21.2. The van der Waals surface area contributed by atoms with Gasteiger partial charge >= 0.3 is 6.09 Å². The van der Waals surface area contributed by atoms with E-state index in [0.29, 0.717) is 37.7 Å². The van der Waals surface area contributed by atoms with Crippen LogP contribution in [-0.2, 0) is 4.74 Å². The van der Waals surface area contributed by atoms with Gasteiger partial charge in [-0.2, -0.15) is 0 Å². The Hall–Kier alpha value is -2.12. The summed E-state index contributed by atoms with van der Waals surface area (Å²) in [5.74, 6) is 0.348. The third-order valence-corrected chi connectivity index (χ3v) is 5.67. The summed E-state index contributed by atoms with van der Waals surface area (Å²) in [5.41, 5.74) is 7.71. The summed E-state index contributed by atoms with van der Waals surface area (Å²) >= 11 is 0. The highest BCUT2D eigenvalue weighted by molar-refractivity contribution is 5.94. The molecule has 0 spiro atoms. The van der Waals surface area contributed by atoms with Crippen molar-refractivity contribution in [2.75, 3.05) is 46.3 Å². The maximum atomic E-state index is 12.9. The summed E-state index contributed by atoms with van der Waals surface area (Å²) in [6, 6.07) is 8.02. The number of carbonyl (C=O) groups is 2. The first kappa shape index (κ1) is 21.6. The van der Waals surface area contributed by atoms with Crippen molar-refractivity contribution in [3.63, 3.8) is 0 Å². The predicted molar refractivity (Wildman–Crippen MR) is 113 cm³/mol. The third-order valence-electron chi connectivity index (χ3n) is 5.67. The smallest absolute Gasteiger partial charge is 0.410 e. The second-order valence-corrected chi connectivity index (χ2v) is 9.20. The average Bonchev–Trinajstić information content (AvgIpc) is 2.66. The van der Waals surface area contributed by atoms with Crippen LogP contribution in [0.2, 0.25) is 0 Å². The van der Waals surface area contributed by atoms with E-state index in [-0.39, 0.29) is 18.0 Å². The summed E-state index contributed by atoms with van der Waals surface area (Å²) in [6.07, 6.45) is 0.723. The molecule has 7 nitrogen and oxygen atoms in total. The van der Waals surface area contributed by atoms with Gasteiger partial charge < -0.3 is 25.2 Å². The fraction of sp³-hybridized carbons (Fsp3) is 0.636. The zero-order valence-corrected chi connectivity index (χ0v) is 18.1. The summed E-state index contributed by atoms with van der Waals surface area (Å²) in [5, 5.41) is 0. The normalized spacial score (nSPS) is 23.8. The first-order valence-electron chi connectivity index (χ1n) is 10.5. The summed E-state index contributed by atoms with van der Waals surface area (Å²) in [6.45, 7) is 9.51. The van der Waals surface area contributed by atoms with Gasteiger partial charge in [-0.25, -0.2) is 4.79 Å². The summed E-state index contributed by atoms with van der Waals surface area (Å²) < 4.78 is 5.41. The van der Waals surface area contributed by atoms with Gasteiger partial charge in [-0.3, -0.25) is 4.79 Å². The topological polar surface area (TPSA) is 79.1 Å². The van der Waals surface area contributed by atoms with Crippen molar-refractivity contribution in [1.82, 2.24) is 14.7 Å². The Morgan fingerprint density at radius 3 is 2.14 bits per heavy atom. The van der Waals surface area contributed by atoms with Crippen LogP contribution in [0.4, 0.5) is 4.79 Å². The molecule has 2 amide bonds. The van der Waals surface area contributed by atoms with E-state index >= 15 is 0 Å². The minimum absolute atomic E-state index is 0.00747. The molecule has 1 aromatic carbocycles. The molecule has 2 unspecified atom stereocenters. The van der Waals surface area contributed by atoms with Gasteiger partial charge in [-0.05, 0) is 58.5 Å². The molecule has 0 bridgehead atoms. The van der Waals surface area contributed by atoms with Crippen LogP contribution in [0.15, 0.2) is 24.3 Å². The molecule has 0 aromatic heterocycles. The summed E-state index contributed by atoms with van der Waals surface area (Å²) in [7, 11) is 2.10. The first-order valence-corrected chi connectivity index (χ1v) is 10.5. The fourth-order valence-corrected chi connectivity index (χ4v) is 4.04. The van der Waals surface area contributed by atoms with Crippen LogP contribution in [0.5, 0.6) is 0 Å². The van der Waals surface area contributed by atoms with Crippen LogP contribution >= 0.6 is 0 Å². The number of ether oxygens (including phenoxy) is 1. The van der Waals surface area contributed by atoms with Crippen molar-refractivity contribution in [3.8, 4) is 0 Å². The Morgan fingerprint density at radius 1 is 1.00 bits per heavy atom. The number of rotatable bonds is 2. The van der Waals surface area contributed by atoms with Gasteiger partial charge in [0.15, 0.2) is 0 Å². The Morgan fingerprint density at radius 2 is 1.59 bits per heavy atom. The first-order chi connectivity index (χ1) is 13.6. The molecule has 2 atom stereocenters. The van der Waals surface area contributed by atoms with E-state index in [1.165, 1.54) is 5.56 Å². The molecule has 2 saturated heterocycles. The molecule has 3 rings (SSSR count). The maximum absolute atomic E-state index is 12.9. The highest BCUT2D eigenvalue weighted by Crippen LogP contribution is 2.27. The van der Waals surface area contributed by atoms with Crippen LogP contribution < -0.4 is 5.73 Å². The Balaban J connectivity index is 1.56. The van der Waals surface area contributed by atoms with E-state index in [1.807, 2.05) is 45.0 Å². The van der Waals surface area contributed by atoms with Crippen LogP contribution in [0.3, 0.4) is 0 Å². The number of likely N-dealkylation sites (tertiary alicyclic amines) is 1. The number of nitrogens with zero attached hydrogens (tertiary/aromatic N) is 3. The molecule has 29 heavy (non-hydrogen) atoms. The van der Waals surface area contributed by atoms with Crippen molar-refractivity contribution >= 4 is 12.0 Å². The Bertz CT molecular complexity index is 721. The molecule has 2 aliphatic heterocycles. The second kappa shape index (κ2) is 8.71. The van der Waals surface area contributed by atoms with E-state index in [4.69, 9.17) is 10.5 Å². The number of hydrogen-bond acceptors (Lipinski definition) is 5. The highest BCUT2D eigenvalue weighted by Gasteiger charge is 2.29. The van der Waals surface area contributed by atoms with Crippen molar-refractivity contribution in [2.24, 2.45) is 5.73 Å². The SMILES string of the molecule is CN1CCC(c2ccc(C(=O)N3CCN(C(=O)OC(C)(C)C)CC3)cc2)C(N)C1. The standard InChI is InChI=1S/C22H34N4O3/c1-22(2,3)29-21(28)26-13-11-25(12-14-26)20(27)17-7-5-16(6-8-17)18-9-10-24(4)15-19(18)23/h5-8,18-19H,9-15,23H2,1-4H3. The van der Waals surface area contributed by atoms with E-state index in [1.54, 1.807) is 9.80 Å². The van der Waals surface area contributed by atoms with Gasteiger partial charge in [0.05, 0.1) is 0 Å². The number of carbonyl (C=O) groups excluding carboxylic acids is 2. The van der Waals surface area contributed by atoms with Crippen molar-refractivity contribution in [3.05, 3.63) is 35.4 Å². The van der Waals surface area contributed by atoms with E-state index < -0.39 is 5.60 Å². The Labute approximate surface area is 173 Å². The molecular formula is C22H34N4O3. The van der Waals surface area contributed by atoms with Crippen LogP contribution in [-0.4, -0.2) is 84.7 Å². The quantitative estimate of drug-likeness (QED) is 0.820. The molecule has 2 aliphatic rings. The van der Waals surface area contributed by atoms with E-state index in [9.17, 15) is 9.59 Å². The van der Waals surface area contributed by atoms with E-state index in [2.05, 4.69) is 11.9 Å². The summed E-state index contributed by atoms with van der Waals surface area (Å²) in [4.78, 5) is 30.8. The molecule has 0 saturated carbocycles. The Kier molecular flexibility index (Phi) is 6.49. The predicted octanol–water partition coefficient (Wildman–Crippen LogP) is 2.13. The number of nitrogens with two attached hydrogens (primary N) is 1. The van der Waals surface area contributed by atoms with Crippen molar-refractivity contribution < 1.29 is 14.3 Å². The third kappa shape index (κ3) is 5.48. The van der Waals surface area contributed by atoms with Gasteiger partial charge in [-0.1, -0.05) is 12.1 Å². The van der Waals surface area contributed by atoms with Gasteiger partial charge in [0.25, 0.3) is 5.91 Å². The molecular weight excluding hydrogens is 368 g/mol. The van der Waals surface area contributed by atoms with Gasteiger partial charge in [-0.15, -0.1) is 0 Å². The molecule has 160 valence electrons. The van der Waals surface area contributed by atoms with Gasteiger partial charge in [0, 0.05) is 50.2 Å². The monoisotopic (exact) mass is 402 g/mol. The van der Waals surface area contributed by atoms with Crippen LogP contribution in [0.1, 0.15) is 49.0 Å². The molecule has 0 radical (unpaired) electrons. The molecule has 2 heterocycles. The largest absolute Gasteiger partial charge is 0.444 e. The minimum atomic E-state index is -0.512. The van der Waals surface area contributed by atoms with Gasteiger partial charge in [0.2, 0.25) is 0 Å². The average molecular weight is 403 g/mol. The van der Waals surface area contributed by atoms with Gasteiger partial charge in [0.1, 0.15) is 5.60 Å². The second-order valence-electron chi connectivity index (χ2n) is 9.20. The molecule has 1 aromatic rings. The van der Waals surface area contributed by atoms with Crippen molar-refractivity contribution in [1.29, 1.82) is 0 Å². The number of hydrogen-bond donors (Lipinski definition) is 1. The zero-order valence-electron chi connectivity index (χ0n) is 18.1. The van der Waals surface area contributed by atoms with Crippen LogP contribution in [0.25, 0.3) is 0 Å². The van der Waals surface area contributed by atoms with Crippen LogP contribution in [0, 0.1) is 0 Å². The molecule has 0 aliphatic carbocycles. The number of amides is 2. The lowest BCUT2D eigenvalue weighted by Gasteiger charge is -2.36. The minimum Gasteiger partial charge on any atom is -0.444 e. The highest BCUT2D eigenvalue weighted by atomic mass is 16.6. The molecule has 7 heteroatoms. The lowest BCUT2D eigenvalue weighted by Crippen LogP contribution is -2.51. The number of benzene rings is 1. The lowest BCUT2D eigenvalue weighted by molar-refractivity contribution is 0.0141. The number of piperidine rings is 1. The van der Waals surface area contributed by atoms with E-state index in [0.717, 1.165) is 19.5 Å². The number of likely N-dealkylation sites (N-methyl/N-ethyl adjacent to an activating group) is 1. The molecule has 2 N–H and O–H groups in total. The lowest BCUT2D eigenvalue weighted by atomic mass is 9.85. The molecule has 2 fully saturated rings.